The summed E-state index contributed by atoms with van der Waals surface area (Å²) in [5, 5.41) is 1.46. The van der Waals surface area contributed by atoms with Crippen molar-refractivity contribution in [2.45, 2.75) is 26.2 Å². The van der Waals surface area contributed by atoms with Crippen molar-refractivity contribution in [3.05, 3.63) is 35.9 Å². The van der Waals surface area contributed by atoms with E-state index in [4.69, 9.17) is 5.73 Å². The summed E-state index contributed by atoms with van der Waals surface area (Å²) in [5.41, 5.74) is 8.26. The van der Waals surface area contributed by atoms with Gasteiger partial charge in [0.2, 0.25) is 0 Å². The average molecular weight is 205 g/mol. The fraction of sp³-hybridized carbons (Fsp3) is 0.333. The van der Waals surface area contributed by atoms with Gasteiger partial charge in [0.05, 0.1) is 8.07 Å². The zero-order valence-electron chi connectivity index (χ0n) is 9.30. The summed E-state index contributed by atoms with van der Waals surface area (Å²) in [4.78, 5) is 0. The van der Waals surface area contributed by atoms with Gasteiger partial charge >= 0.3 is 0 Å². The lowest BCUT2D eigenvalue weighted by atomic mass is 10.1. The van der Waals surface area contributed by atoms with Crippen molar-refractivity contribution in [2.24, 2.45) is 5.73 Å². The van der Waals surface area contributed by atoms with Crippen LogP contribution >= 0.6 is 0 Å². The molecule has 0 bridgehead atoms. The molecule has 0 aliphatic heterocycles. The van der Waals surface area contributed by atoms with E-state index in [1.165, 1.54) is 16.3 Å². The maximum absolute atomic E-state index is 5.80. The molecular formula is C12H19NSi. The van der Waals surface area contributed by atoms with Crippen LogP contribution in [0.25, 0.3) is 6.08 Å². The summed E-state index contributed by atoms with van der Waals surface area (Å²) in [7, 11) is -1.27. The molecule has 0 aliphatic rings. The maximum Gasteiger partial charge on any atom is 0.0780 e. The molecule has 1 rings (SSSR count). The monoisotopic (exact) mass is 205 g/mol. The van der Waals surface area contributed by atoms with E-state index in [0.29, 0.717) is 6.54 Å². The fourth-order valence-electron chi connectivity index (χ4n) is 1.73. The van der Waals surface area contributed by atoms with E-state index in [2.05, 4.69) is 44.4 Å². The number of benzene rings is 1. The van der Waals surface area contributed by atoms with Gasteiger partial charge in [-0.3, -0.25) is 0 Å². The molecule has 0 unspecified atom stereocenters. The molecule has 0 spiro atoms. The third kappa shape index (κ3) is 2.14. The Hall–Kier alpha value is -0.863. The molecule has 2 N–H and O–H groups in total. The SMILES string of the molecule is C=Cc1cccc([Si](C)(C)C)c1CN. The molecule has 0 amide bonds. The van der Waals surface area contributed by atoms with Gasteiger partial charge in [-0.25, -0.2) is 0 Å². The highest BCUT2D eigenvalue weighted by molar-refractivity contribution is 6.89. The number of nitrogens with two attached hydrogens (primary N) is 1. The van der Waals surface area contributed by atoms with Crippen molar-refractivity contribution in [1.82, 2.24) is 0 Å². The zero-order chi connectivity index (χ0) is 10.8. The van der Waals surface area contributed by atoms with Gasteiger partial charge < -0.3 is 5.73 Å². The van der Waals surface area contributed by atoms with E-state index in [1.807, 2.05) is 6.08 Å². The van der Waals surface area contributed by atoms with E-state index in [0.717, 1.165) is 0 Å². The summed E-state index contributed by atoms with van der Waals surface area (Å²) in [6.07, 6.45) is 1.89. The molecule has 0 radical (unpaired) electrons. The molecule has 0 saturated heterocycles. The van der Waals surface area contributed by atoms with Crippen LogP contribution in [0.2, 0.25) is 19.6 Å². The molecule has 0 fully saturated rings. The van der Waals surface area contributed by atoms with Gasteiger partial charge in [0, 0.05) is 6.54 Å². The molecule has 0 saturated carbocycles. The Morgan fingerprint density at radius 3 is 2.43 bits per heavy atom. The number of hydrogen-bond donors (Lipinski definition) is 1. The summed E-state index contributed by atoms with van der Waals surface area (Å²) < 4.78 is 0. The predicted octanol–water partition coefficient (Wildman–Crippen LogP) is 2.33. The van der Waals surface area contributed by atoms with Crippen molar-refractivity contribution < 1.29 is 0 Å². The van der Waals surface area contributed by atoms with Crippen LogP contribution in [0.1, 0.15) is 11.1 Å². The summed E-state index contributed by atoms with van der Waals surface area (Å²) in [6, 6.07) is 6.39. The highest BCUT2D eigenvalue weighted by atomic mass is 28.3. The highest BCUT2D eigenvalue weighted by Crippen LogP contribution is 2.12. The molecule has 14 heavy (non-hydrogen) atoms. The lowest BCUT2D eigenvalue weighted by Crippen LogP contribution is -2.41. The maximum atomic E-state index is 5.80. The average Bonchev–Trinajstić information content (AvgIpc) is 2.15. The summed E-state index contributed by atoms with van der Waals surface area (Å²) in [6.45, 7) is 11.5. The highest BCUT2D eigenvalue weighted by Gasteiger charge is 2.20. The third-order valence-corrected chi connectivity index (χ3v) is 4.53. The van der Waals surface area contributed by atoms with E-state index in [1.54, 1.807) is 0 Å². The Bertz CT molecular complexity index is 337. The van der Waals surface area contributed by atoms with Gasteiger partial charge in [-0.2, -0.15) is 0 Å². The molecule has 76 valence electrons. The fourth-order valence-corrected chi connectivity index (χ4v) is 3.47. The predicted molar refractivity (Wildman–Crippen MR) is 67.4 cm³/mol. The normalized spacial score (nSPS) is 11.4. The second-order valence-electron chi connectivity index (χ2n) is 4.53. The van der Waals surface area contributed by atoms with Crippen molar-refractivity contribution in [2.75, 3.05) is 0 Å². The van der Waals surface area contributed by atoms with Crippen LogP contribution in [0.15, 0.2) is 24.8 Å². The zero-order valence-corrected chi connectivity index (χ0v) is 10.3. The van der Waals surface area contributed by atoms with Crippen LogP contribution in [0.3, 0.4) is 0 Å². The largest absolute Gasteiger partial charge is 0.326 e. The second-order valence-corrected chi connectivity index (χ2v) is 9.57. The van der Waals surface area contributed by atoms with E-state index in [9.17, 15) is 0 Å². The molecule has 0 heterocycles. The second kappa shape index (κ2) is 4.11. The van der Waals surface area contributed by atoms with Crippen LogP contribution in [-0.2, 0) is 6.54 Å². The lowest BCUT2D eigenvalue weighted by molar-refractivity contribution is 1.07. The van der Waals surface area contributed by atoms with Crippen molar-refractivity contribution in [3.8, 4) is 0 Å². The molecule has 1 aromatic rings. The van der Waals surface area contributed by atoms with Crippen molar-refractivity contribution in [3.63, 3.8) is 0 Å². The first-order chi connectivity index (χ1) is 6.50. The van der Waals surface area contributed by atoms with Gasteiger partial charge in [0.25, 0.3) is 0 Å². The first-order valence-corrected chi connectivity index (χ1v) is 8.45. The van der Waals surface area contributed by atoms with E-state index >= 15 is 0 Å². The van der Waals surface area contributed by atoms with Gasteiger partial charge in [0.15, 0.2) is 0 Å². The van der Waals surface area contributed by atoms with Crippen LogP contribution in [0, 0.1) is 0 Å². The number of hydrogen-bond acceptors (Lipinski definition) is 1. The van der Waals surface area contributed by atoms with Crippen molar-refractivity contribution in [1.29, 1.82) is 0 Å². The topological polar surface area (TPSA) is 26.0 Å². The minimum atomic E-state index is -1.27. The lowest BCUT2D eigenvalue weighted by Gasteiger charge is -2.21. The molecule has 1 aromatic carbocycles. The van der Waals surface area contributed by atoms with Gasteiger partial charge in [-0.15, -0.1) is 0 Å². The molecular weight excluding hydrogens is 186 g/mol. The standard InChI is InChI=1S/C12H19NSi/c1-5-10-7-6-8-12(11(10)9-13)14(2,3)4/h5-8H,1,9,13H2,2-4H3. The number of rotatable bonds is 3. The minimum Gasteiger partial charge on any atom is -0.326 e. The molecule has 0 atom stereocenters. The molecule has 2 heteroatoms. The van der Waals surface area contributed by atoms with Crippen LogP contribution in [0.5, 0.6) is 0 Å². The van der Waals surface area contributed by atoms with Gasteiger partial charge in [-0.1, -0.05) is 55.7 Å². The van der Waals surface area contributed by atoms with Crippen molar-refractivity contribution >= 4 is 19.3 Å². The Morgan fingerprint density at radius 1 is 1.36 bits per heavy atom. The van der Waals surface area contributed by atoms with E-state index in [-0.39, 0.29) is 0 Å². The smallest absolute Gasteiger partial charge is 0.0780 e. The minimum absolute atomic E-state index is 0.613. The summed E-state index contributed by atoms with van der Waals surface area (Å²) in [5.74, 6) is 0. The quantitative estimate of drug-likeness (QED) is 0.753. The first-order valence-electron chi connectivity index (χ1n) is 4.95. The summed E-state index contributed by atoms with van der Waals surface area (Å²) >= 11 is 0. The molecule has 0 aromatic heterocycles. The molecule has 0 aliphatic carbocycles. The van der Waals surface area contributed by atoms with Gasteiger partial charge in [0.1, 0.15) is 0 Å². The van der Waals surface area contributed by atoms with Gasteiger partial charge in [-0.05, 0) is 11.1 Å². The Balaban J connectivity index is 3.36. The third-order valence-electron chi connectivity index (χ3n) is 2.44. The van der Waals surface area contributed by atoms with E-state index < -0.39 is 8.07 Å². The molecule has 1 nitrogen and oxygen atoms in total. The van der Waals surface area contributed by atoms with Crippen LogP contribution in [0.4, 0.5) is 0 Å². The Kier molecular flexibility index (Phi) is 3.29. The van der Waals surface area contributed by atoms with Crippen LogP contribution in [-0.4, -0.2) is 8.07 Å². The Labute approximate surface area is 87.7 Å². The van der Waals surface area contributed by atoms with Crippen LogP contribution < -0.4 is 10.9 Å². The first kappa shape index (κ1) is 11.2. The Morgan fingerprint density at radius 2 is 2.00 bits per heavy atom.